The average Bonchev–Trinajstić information content (AvgIpc) is 3.12. The molecule has 0 saturated heterocycles. The first-order valence-electron chi connectivity index (χ1n) is 9.23. The van der Waals surface area contributed by atoms with Gasteiger partial charge in [-0.3, -0.25) is 0 Å². The highest BCUT2D eigenvalue weighted by molar-refractivity contribution is 7.92. The summed E-state index contributed by atoms with van der Waals surface area (Å²) in [7, 11) is -2.02. The Morgan fingerprint density at radius 2 is 1.86 bits per heavy atom. The summed E-state index contributed by atoms with van der Waals surface area (Å²) < 4.78 is 34.9. The molecule has 29 heavy (non-hydrogen) atoms. The summed E-state index contributed by atoms with van der Waals surface area (Å²) in [4.78, 5) is 4.22. The minimum atomic E-state index is -3.60. The maximum Gasteiger partial charge on any atom is 0.234 e. The molecule has 0 amide bonds. The number of sulfonamides is 1. The van der Waals surface area contributed by atoms with Gasteiger partial charge in [0.15, 0.2) is 0 Å². The molecular weight excluding hydrogens is 386 g/mol. The Bertz CT molecular complexity index is 1120. The van der Waals surface area contributed by atoms with Crippen molar-refractivity contribution in [2.45, 2.75) is 26.8 Å². The maximum absolute atomic E-state index is 12.5. The fraction of sp³-hybridized carbons (Fsp3) is 0.227. The Hall–Kier alpha value is -2.90. The molecule has 1 atom stereocenters. The highest BCUT2D eigenvalue weighted by Gasteiger charge is 2.13. The molecule has 0 radical (unpaired) electrons. The second kappa shape index (κ2) is 8.63. The van der Waals surface area contributed by atoms with E-state index in [0.717, 1.165) is 28.1 Å². The van der Waals surface area contributed by atoms with E-state index in [4.69, 9.17) is 4.74 Å². The Balaban J connectivity index is 1.76. The molecule has 1 heterocycles. The van der Waals surface area contributed by atoms with Gasteiger partial charge >= 0.3 is 0 Å². The fourth-order valence-corrected chi connectivity index (χ4v) is 3.98. The summed E-state index contributed by atoms with van der Waals surface area (Å²) in [6.45, 7) is 5.73. The van der Waals surface area contributed by atoms with Gasteiger partial charge in [0, 0.05) is 17.6 Å². The van der Waals surface area contributed by atoms with E-state index in [0.29, 0.717) is 5.75 Å². The molecule has 7 heteroatoms. The van der Waals surface area contributed by atoms with Crippen molar-refractivity contribution in [2.75, 3.05) is 7.11 Å². The lowest BCUT2D eigenvalue weighted by molar-refractivity contribution is 0.413. The number of imidazole rings is 1. The second-order valence-electron chi connectivity index (χ2n) is 6.95. The van der Waals surface area contributed by atoms with Crippen LogP contribution in [0.4, 0.5) is 0 Å². The molecule has 0 aliphatic carbocycles. The molecule has 0 unspecified atom stereocenters. The molecule has 2 aromatic carbocycles. The maximum atomic E-state index is 12.5. The van der Waals surface area contributed by atoms with Crippen LogP contribution >= 0.6 is 0 Å². The summed E-state index contributed by atoms with van der Waals surface area (Å²) in [5.74, 6) is 0.628. The quantitative estimate of drug-likeness (QED) is 0.634. The van der Waals surface area contributed by atoms with E-state index in [1.54, 1.807) is 25.6 Å². The van der Waals surface area contributed by atoms with Crippen molar-refractivity contribution >= 4 is 16.1 Å². The molecule has 1 aromatic heterocycles. The Labute approximate surface area is 171 Å². The van der Waals surface area contributed by atoms with Crippen molar-refractivity contribution < 1.29 is 13.2 Å². The first-order valence-corrected chi connectivity index (χ1v) is 10.8. The van der Waals surface area contributed by atoms with Gasteiger partial charge in [-0.15, -0.1) is 0 Å². The van der Waals surface area contributed by atoms with Gasteiger partial charge in [0.25, 0.3) is 0 Å². The van der Waals surface area contributed by atoms with Gasteiger partial charge in [-0.25, -0.2) is 18.1 Å². The normalized spacial score (nSPS) is 13.0. The van der Waals surface area contributed by atoms with Crippen LogP contribution in [0.15, 0.2) is 60.4 Å². The van der Waals surface area contributed by atoms with Crippen LogP contribution < -0.4 is 9.46 Å². The predicted molar refractivity (Wildman–Crippen MR) is 116 cm³/mol. The van der Waals surface area contributed by atoms with Crippen LogP contribution in [0, 0.1) is 13.8 Å². The van der Waals surface area contributed by atoms with E-state index in [2.05, 4.69) is 9.71 Å². The van der Waals surface area contributed by atoms with Gasteiger partial charge < -0.3 is 9.30 Å². The van der Waals surface area contributed by atoms with Crippen LogP contribution in [0.2, 0.25) is 0 Å². The second-order valence-corrected chi connectivity index (χ2v) is 8.55. The first-order chi connectivity index (χ1) is 13.8. The first kappa shape index (κ1) is 20.8. The molecule has 0 saturated carbocycles. The molecule has 0 aliphatic heterocycles. The molecule has 0 aliphatic rings. The molecule has 0 bridgehead atoms. The number of nitrogens with zero attached hydrogens (tertiary/aromatic N) is 2. The lowest BCUT2D eigenvalue weighted by atomic mass is 10.1. The number of nitrogens with one attached hydrogen (secondary N) is 1. The summed E-state index contributed by atoms with van der Waals surface area (Å²) >= 11 is 0. The Morgan fingerprint density at radius 3 is 2.48 bits per heavy atom. The van der Waals surface area contributed by atoms with Crippen LogP contribution in [0.25, 0.3) is 11.8 Å². The fourth-order valence-electron chi connectivity index (χ4n) is 2.94. The van der Waals surface area contributed by atoms with Crippen LogP contribution in [0.5, 0.6) is 5.75 Å². The van der Waals surface area contributed by atoms with Gasteiger partial charge in [0.1, 0.15) is 5.75 Å². The van der Waals surface area contributed by atoms with Gasteiger partial charge in [-0.2, -0.15) is 0 Å². The minimum Gasteiger partial charge on any atom is -0.495 e. The van der Waals surface area contributed by atoms with Crippen molar-refractivity contribution in [3.8, 4) is 11.4 Å². The highest BCUT2D eigenvalue weighted by atomic mass is 32.2. The van der Waals surface area contributed by atoms with E-state index < -0.39 is 10.0 Å². The zero-order valence-corrected chi connectivity index (χ0v) is 17.8. The van der Waals surface area contributed by atoms with Crippen LogP contribution in [-0.4, -0.2) is 25.1 Å². The third-order valence-corrected chi connectivity index (χ3v) is 5.73. The number of aryl methyl sites for hydroxylation is 2. The third-order valence-electron chi connectivity index (χ3n) is 4.55. The molecule has 3 aromatic rings. The number of hydrogen-bond donors (Lipinski definition) is 1. The largest absolute Gasteiger partial charge is 0.495 e. The molecule has 0 fully saturated rings. The number of rotatable bonds is 7. The molecular formula is C22H25N3O3S. The Kier molecular flexibility index (Phi) is 6.20. The summed E-state index contributed by atoms with van der Waals surface area (Å²) in [6, 6.07) is 12.9. The minimum absolute atomic E-state index is 0.327. The van der Waals surface area contributed by atoms with Crippen LogP contribution in [0.3, 0.4) is 0 Å². The zero-order valence-electron chi connectivity index (χ0n) is 17.0. The van der Waals surface area contributed by atoms with Crippen molar-refractivity contribution in [3.63, 3.8) is 0 Å². The number of methoxy groups -OCH3 is 1. The van der Waals surface area contributed by atoms with Gasteiger partial charge in [-0.1, -0.05) is 35.9 Å². The summed E-state index contributed by atoms with van der Waals surface area (Å²) in [6.07, 6.45) is 5.16. The number of hydrogen-bond acceptors (Lipinski definition) is 4. The van der Waals surface area contributed by atoms with Crippen molar-refractivity contribution in [3.05, 3.63) is 82.8 Å². The molecule has 6 nitrogen and oxygen atoms in total. The van der Waals surface area contributed by atoms with Gasteiger partial charge in [-0.05, 0) is 50.1 Å². The third kappa shape index (κ3) is 5.34. The highest BCUT2D eigenvalue weighted by Crippen LogP contribution is 2.25. The Morgan fingerprint density at radius 1 is 1.14 bits per heavy atom. The van der Waals surface area contributed by atoms with Crippen molar-refractivity contribution in [2.24, 2.45) is 0 Å². The molecule has 3 rings (SSSR count). The lowest BCUT2D eigenvalue weighted by Gasteiger charge is -2.13. The van der Waals surface area contributed by atoms with E-state index in [9.17, 15) is 8.42 Å². The molecule has 0 spiro atoms. The van der Waals surface area contributed by atoms with Crippen LogP contribution in [0.1, 0.15) is 35.3 Å². The van der Waals surface area contributed by atoms with E-state index in [1.165, 1.54) is 5.41 Å². The van der Waals surface area contributed by atoms with Crippen molar-refractivity contribution in [1.82, 2.24) is 14.3 Å². The smallest absolute Gasteiger partial charge is 0.234 e. The molecule has 152 valence electrons. The van der Waals surface area contributed by atoms with E-state index >= 15 is 0 Å². The number of benzene rings is 2. The van der Waals surface area contributed by atoms with E-state index in [-0.39, 0.29) is 6.04 Å². The SMILES string of the molecule is COc1cc(/C=C/S(=O)(=O)N[C@@H](C)c2ccc(C)cc2)ccc1-n1cnc(C)c1. The number of ether oxygens (including phenoxy) is 1. The van der Waals surface area contributed by atoms with Gasteiger partial charge in [0.05, 0.1) is 24.8 Å². The average molecular weight is 412 g/mol. The van der Waals surface area contributed by atoms with Crippen LogP contribution in [-0.2, 0) is 10.0 Å². The zero-order chi connectivity index (χ0) is 21.0. The predicted octanol–water partition coefficient (Wildman–Crippen LogP) is 4.15. The monoisotopic (exact) mass is 411 g/mol. The molecule has 1 N–H and O–H groups in total. The standard InChI is InChI=1S/C22H25N3O3S/c1-16-5-8-20(9-6-16)18(3)24-29(26,27)12-11-19-7-10-21(22(13-19)28-4)25-14-17(2)23-15-25/h5-15,18,24H,1-4H3/b12-11+/t18-/m0/s1. The lowest BCUT2D eigenvalue weighted by Crippen LogP contribution is -2.24. The topological polar surface area (TPSA) is 73.2 Å². The number of aromatic nitrogens is 2. The van der Waals surface area contributed by atoms with E-state index in [1.807, 2.05) is 67.9 Å². The van der Waals surface area contributed by atoms with Crippen molar-refractivity contribution in [1.29, 1.82) is 0 Å². The van der Waals surface area contributed by atoms with Gasteiger partial charge in [0.2, 0.25) is 10.0 Å². The summed E-state index contributed by atoms with van der Waals surface area (Å²) in [5, 5.41) is 1.17. The summed E-state index contributed by atoms with van der Waals surface area (Å²) in [5.41, 5.74) is 4.49.